The second-order valence-corrected chi connectivity index (χ2v) is 10.4. The van der Waals surface area contributed by atoms with Crippen molar-refractivity contribution in [1.82, 2.24) is 5.32 Å². The van der Waals surface area contributed by atoms with Gasteiger partial charge in [0.2, 0.25) is 0 Å². The molecule has 2 nitrogen and oxygen atoms in total. The second kappa shape index (κ2) is 7.96. The Kier molecular flexibility index (Phi) is 5.34. The number of rotatable bonds is 7. The zero-order chi connectivity index (χ0) is 19.8. The fourth-order valence-electron chi connectivity index (χ4n) is 6.69. The van der Waals surface area contributed by atoms with Crippen molar-refractivity contribution in [2.75, 3.05) is 0 Å². The van der Waals surface area contributed by atoms with Crippen molar-refractivity contribution in [2.24, 2.45) is 23.2 Å². The van der Waals surface area contributed by atoms with Crippen LogP contribution in [0.4, 0.5) is 0 Å². The Morgan fingerprint density at radius 3 is 2.28 bits per heavy atom. The van der Waals surface area contributed by atoms with Crippen LogP contribution >= 0.6 is 11.6 Å². The first-order chi connectivity index (χ1) is 14.1. The Hall–Kier alpha value is -1.51. The summed E-state index contributed by atoms with van der Waals surface area (Å²) in [6.07, 6.45) is 8.91. The molecule has 0 amide bonds. The summed E-state index contributed by atoms with van der Waals surface area (Å²) in [4.78, 5) is 0. The van der Waals surface area contributed by atoms with Crippen LogP contribution in [0, 0.1) is 23.2 Å². The molecule has 0 heterocycles. The Labute approximate surface area is 180 Å². The molecule has 0 aromatic heterocycles. The third kappa shape index (κ3) is 4.20. The highest BCUT2D eigenvalue weighted by atomic mass is 35.5. The largest absolute Gasteiger partial charge is 0.489 e. The highest BCUT2D eigenvalue weighted by molar-refractivity contribution is 6.30. The summed E-state index contributed by atoms with van der Waals surface area (Å²) in [5.41, 5.74) is 2.99. The number of halogens is 1. The van der Waals surface area contributed by atoms with Gasteiger partial charge in [0.05, 0.1) is 0 Å². The zero-order valence-electron chi connectivity index (χ0n) is 17.4. The van der Waals surface area contributed by atoms with Gasteiger partial charge < -0.3 is 10.1 Å². The third-order valence-corrected chi connectivity index (χ3v) is 8.09. The minimum Gasteiger partial charge on any atom is -0.489 e. The van der Waals surface area contributed by atoms with Crippen LogP contribution < -0.4 is 10.1 Å². The van der Waals surface area contributed by atoms with Gasteiger partial charge in [-0.05, 0) is 104 Å². The highest BCUT2D eigenvalue weighted by Crippen LogP contribution is 2.61. The molecule has 29 heavy (non-hydrogen) atoms. The van der Waals surface area contributed by atoms with Crippen LogP contribution in [0.3, 0.4) is 0 Å². The number of ether oxygens (including phenoxy) is 1. The fourth-order valence-corrected chi connectivity index (χ4v) is 6.81. The number of hydrogen-bond acceptors (Lipinski definition) is 2. The summed E-state index contributed by atoms with van der Waals surface area (Å²) >= 11 is 5.96. The number of hydrogen-bond donors (Lipinski definition) is 1. The smallest absolute Gasteiger partial charge is 0.120 e. The van der Waals surface area contributed by atoms with Crippen molar-refractivity contribution < 1.29 is 4.74 Å². The summed E-state index contributed by atoms with van der Waals surface area (Å²) in [6, 6.07) is 17.0. The summed E-state index contributed by atoms with van der Waals surface area (Å²) in [5, 5.41) is 4.65. The van der Waals surface area contributed by atoms with Gasteiger partial charge in [-0.15, -0.1) is 0 Å². The van der Waals surface area contributed by atoms with E-state index in [0.717, 1.165) is 40.6 Å². The highest BCUT2D eigenvalue weighted by Gasteiger charge is 2.52. The van der Waals surface area contributed by atoms with Crippen LogP contribution in [0.15, 0.2) is 48.5 Å². The summed E-state index contributed by atoms with van der Waals surface area (Å²) < 4.78 is 6.01. The van der Waals surface area contributed by atoms with Crippen molar-refractivity contribution in [3.05, 3.63) is 64.7 Å². The summed E-state index contributed by atoms with van der Waals surface area (Å²) in [5.74, 6) is 3.96. The molecule has 6 rings (SSSR count). The van der Waals surface area contributed by atoms with Gasteiger partial charge in [-0.2, -0.15) is 0 Å². The van der Waals surface area contributed by atoms with E-state index in [2.05, 4.69) is 30.4 Å². The van der Waals surface area contributed by atoms with Crippen LogP contribution in [0.25, 0.3) is 0 Å². The normalized spacial score (nSPS) is 31.0. The molecule has 2 aromatic rings. The maximum atomic E-state index is 6.01. The lowest BCUT2D eigenvalue weighted by atomic mass is 9.48. The monoisotopic (exact) mass is 409 g/mol. The molecule has 0 aliphatic heterocycles. The van der Waals surface area contributed by atoms with E-state index in [9.17, 15) is 0 Å². The molecule has 4 bridgehead atoms. The lowest BCUT2D eigenvalue weighted by Crippen LogP contribution is -2.54. The van der Waals surface area contributed by atoms with E-state index >= 15 is 0 Å². The van der Waals surface area contributed by atoms with Gasteiger partial charge in [0.1, 0.15) is 12.4 Å². The number of benzene rings is 2. The van der Waals surface area contributed by atoms with Gasteiger partial charge >= 0.3 is 0 Å². The Morgan fingerprint density at radius 1 is 0.966 bits per heavy atom. The van der Waals surface area contributed by atoms with E-state index in [1.165, 1.54) is 44.1 Å². The maximum Gasteiger partial charge on any atom is 0.120 e. The van der Waals surface area contributed by atoms with E-state index in [-0.39, 0.29) is 0 Å². The van der Waals surface area contributed by atoms with E-state index in [1.807, 2.05) is 30.3 Å². The molecule has 3 heteroatoms. The Balaban J connectivity index is 1.18. The number of nitrogens with one attached hydrogen (secondary N) is 1. The van der Waals surface area contributed by atoms with Gasteiger partial charge in [0.15, 0.2) is 0 Å². The van der Waals surface area contributed by atoms with Crippen molar-refractivity contribution in [1.29, 1.82) is 0 Å². The summed E-state index contributed by atoms with van der Waals surface area (Å²) in [7, 11) is 0. The molecule has 4 saturated carbocycles. The average molecular weight is 410 g/mol. The van der Waals surface area contributed by atoms with Gasteiger partial charge in [-0.3, -0.25) is 0 Å². The first kappa shape index (κ1) is 19.5. The lowest BCUT2D eigenvalue weighted by Gasteiger charge is -2.59. The molecule has 154 valence electrons. The zero-order valence-corrected chi connectivity index (χ0v) is 18.1. The SMILES string of the molecule is C[C@H](NCc1cccc(OCc2ccc(Cl)cc2)c1)C12CC3CC(CC(C3)C1)C2. The maximum absolute atomic E-state index is 6.01. The molecule has 1 atom stereocenters. The minimum atomic E-state index is 0.553. The van der Waals surface area contributed by atoms with Gasteiger partial charge in [0, 0.05) is 17.6 Å². The molecule has 0 spiro atoms. The van der Waals surface area contributed by atoms with Crippen LogP contribution in [0.1, 0.15) is 56.6 Å². The average Bonchev–Trinajstić information content (AvgIpc) is 2.71. The van der Waals surface area contributed by atoms with E-state index in [0.29, 0.717) is 18.1 Å². The molecule has 4 fully saturated rings. The molecule has 2 aromatic carbocycles. The van der Waals surface area contributed by atoms with Crippen LogP contribution in [-0.4, -0.2) is 6.04 Å². The molecule has 4 aliphatic rings. The lowest BCUT2D eigenvalue weighted by molar-refractivity contribution is -0.0706. The van der Waals surface area contributed by atoms with Crippen LogP contribution in [0.2, 0.25) is 5.02 Å². The summed E-state index contributed by atoms with van der Waals surface area (Å²) in [6.45, 7) is 3.92. The van der Waals surface area contributed by atoms with Gasteiger partial charge in [-0.1, -0.05) is 35.9 Å². The Morgan fingerprint density at radius 2 is 1.62 bits per heavy atom. The minimum absolute atomic E-state index is 0.553. The third-order valence-electron chi connectivity index (χ3n) is 7.83. The van der Waals surface area contributed by atoms with Crippen molar-refractivity contribution in [3.8, 4) is 5.75 Å². The molecule has 0 saturated heterocycles. The van der Waals surface area contributed by atoms with Crippen molar-refractivity contribution in [3.63, 3.8) is 0 Å². The van der Waals surface area contributed by atoms with Crippen LogP contribution in [0.5, 0.6) is 5.75 Å². The van der Waals surface area contributed by atoms with Crippen LogP contribution in [-0.2, 0) is 13.2 Å². The molecule has 4 aliphatic carbocycles. The predicted molar refractivity (Wildman–Crippen MR) is 119 cm³/mol. The molecule has 1 N–H and O–H groups in total. The second-order valence-electron chi connectivity index (χ2n) is 9.95. The standard InChI is InChI=1S/C26H32ClNO/c1-18(26-13-21-9-22(14-26)11-23(10-21)15-26)28-16-20-3-2-4-25(12-20)29-17-19-5-7-24(27)8-6-19/h2-8,12,18,21-23,28H,9-11,13-17H2,1H3/t18-,21?,22?,23?,26?/m0/s1. The Bertz CT molecular complexity index is 811. The van der Waals surface area contributed by atoms with Crippen molar-refractivity contribution in [2.45, 2.75) is 64.6 Å². The first-order valence-electron chi connectivity index (χ1n) is 11.3. The van der Waals surface area contributed by atoms with Gasteiger partial charge in [0.25, 0.3) is 0 Å². The molecular formula is C26H32ClNO. The molecular weight excluding hydrogens is 378 g/mol. The quantitative estimate of drug-likeness (QED) is 0.555. The van der Waals surface area contributed by atoms with E-state index in [4.69, 9.17) is 16.3 Å². The van der Waals surface area contributed by atoms with Gasteiger partial charge in [-0.25, -0.2) is 0 Å². The fraction of sp³-hybridized carbons (Fsp3) is 0.538. The van der Waals surface area contributed by atoms with E-state index in [1.54, 1.807) is 0 Å². The first-order valence-corrected chi connectivity index (χ1v) is 11.7. The van der Waals surface area contributed by atoms with E-state index < -0.39 is 0 Å². The molecule has 0 unspecified atom stereocenters. The topological polar surface area (TPSA) is 21.3 Å². The predicted octanol–water partition coefficient (Wildman–Crippen LogP) is 6.61. The molecule has 0 radical (unpaired) electrons. The van der Waals surface area contributed by atoms with Crippen molar-refractivity contribution >= 4 is 11.6 Å².